The van der Waals surface area contributed by atoms with Gasteiger partial charge in [0.15, 0.2) is 0 Å². The standard InChI is InChI=1S/C14H15BrN2/c1-9-7-12(16)14(8-10(9)2)17-13-6-4-3-5-11(13)15/h3-8,17H,16H2,1-2H3. The molecule has 0 aliphatic rings. The van der Waals surface area contributed by atoms with Crippen molar-refractivity contribution < 1.29 is 0 Å². The Bertz CT molecular complexity index is 550. The van der Waals surface area contributed by atoms with E-state index in [0.717, 1.165) is 21.5 Å². The maximum Gasteiger partial charge on any atom is 0.0621 e. The number of nitrogens with two attached hydrogens (primary N) is 1. The molecule has 0 spiro atoms. The second kappa shape index (κ2) is 4.80. The third-order valence-corrected chi connectivity index (χ3v) is 3.50. The lowest BCUT2D eigenvalue weighted by atomic mass is 10.1. The van der Waals surface area contributed by atoms with Crippen LogP contribution in [0, 0.1) is 13.8 Å². The summed E-state index contributed by atoms with van der Waals surface area (Å²) < 4.78 is 1.03. The van der Waals surface area contributed by atoms with Gasteiger partial charge in [-0.2, -0.15) is 0 Å². The molecule has 88 valence electrons. The van der Waals surface area contributed by atoms with E-state index in [-0.39, 0.29) is 0 Å². The Labute approximate surface area is 110 Å². The molecule has 17 heavy (non-hydrogen) atoms. The molecule has 0 heterocycles. The predicted octanol–water partition coefficient (Wildman–Crippen LogP) is 4.39. The van der Waals surface area contributed by atoms with Gasteiger partial charge in [-0.3, -0.25) is 0 Å². The van der Waals surface area contributed by atoms with Gasteiger partial charge in [0.25, 0.3) is 0 Å². The van der Waals surface area contributed by atoms with E-state index in [0.29, 0.717) is 0 Å². The van der Waals surface area contributed by atoms with Crippen LogP contribution in [0.15, 0.2) is 40.9 Å². The molecule has 0 aromatic heterocycles. The minimum Gasteiger partial charge on any atom is -0.397 e. The average molecular weight is 291 g/mol. The normalized spacial score (nSPS) is 10.3. The molecule has 0 aliphatic heterocycles. The maximum atomic E-state index is 6.01. The highest BCUT2D eigenvalue weighted by Crippen LogP contribution is 2.30. The fourth-order valence-corrected chi connectivity index (χ4v) is 2.04. The lowest BCUT2D eigenvalue weighted by Crippen LogP contribution is -1.98. The number of nitrogens with one attached hydrogen (secondary N) is 1. The molecule has 0 radical (unpaired) electrons. The molecular weight excluding hydrogens is 276 g/mol. The average Bonchev–Trinajstić information content (AvgIpc) is 2.29. The van der Waals surface area contributed by atoms with Crippen molar-refractivity contribution in [3.05, 3.63) is 52.0 Å². The molecule has 0 saturated carbocycles. The molecule has 0 unspecified atom stereocenters. The number of anilines is 3. The largest absolute Gasteiger partial charge is 0.397 e. The van der Waals surface area contributed by atoms with Gasteiger partial charge >= 0.3 is 0 Å². The molecule has 2 rings (SSSR count). The molecule has 2 nitrogen and oxygen atoms in total. The van der Waals surface area contributed by atoms with Gasteiger partial charge in [-0.25, -0.2) is 0 Å². The van der Waals surface area contributed by atoms with Gasteiger partial charge in [-0.05, 0) is 65.2 Å². The number of para-hydroxylation sites is 1. The van der Waals surface area contributed by atoms with Crippen molar-refractivity contribution in [2.75, 3.05) is 11.1 Å². The van der Waals surface area contributed by atoms with Crippen LogP contribution in [0.3, 0.4) is 0 Å². The first kappa shape index (κ1) is 12.0. The van der Waals surface area contributed by atoms with Gasteiger partial charge in [0.05, 0.1) is 17.1 Å². The summed E-state index contributed by atoms with van der Waals surface area (Å²) in [5.74, 6) is 0. The van der Waals surface area contributed by atoms with E-state index in [4.69, 9.17) is 5.73 Å². The zero-order valence-corrected chi connectivity index (χ0v) is 11.5. The molecule has 3 N–H and O–H groups in total. The summed E-state index contributed by atoms with van der Waals surface area (Å²) in [5, 5.41) is 3.34. The minimum atomic E-state index is 0.767. The van der Waals surface area contributed by atoms with Gasteiger partial charge in [0.1, 0.15) is 0 Å². The highest BCUT2D eigenvalue weighted by Gasteiger charge is 2.04. The summed E-state index contributed by atoms with van der Waals surface area (Å²) in [4.78, 5) is 0. The second-order valence-electron chi connectivity index (χ2n) is 4.13. The number of hydrogen-bond acceptors (Lipinski definition) is 2. The van der Waals surface area contributed by atoms with Gasteiger partial charge < -0.3 is 11.1 Å². The van der Waals surface area contributed by atoms with Crippen LogP contribution in [0.5, 0.6) is 0 Å². The van der Waals surface area contributed by atoms with Crippen LogP contribution in [0.4, 0.5) is 17.1 Å². The minimum absolute atomic E-state index is 0.767. The summed E-state index contributed by atoms with van der Waals surface area (Å²) in [6.45, 7) is 4.15. The molecule has 3 heteroatoms. The zero-order valence-electron chi connectivity index (χ0n) is 9.92. The third kappa shape index (κ3) is 2.61. The fourth-order valence-electron chi connectivity index (χ4n) is 1.65. The van der Waals surface area contributed by atoms with E-state index in [1.165, 1.54) is 11.1 Å². The van der Waals surface area contributed by atoms with E-state index >= 15 is 0 Å². The summed E-state index contributed by atoms with van der Waals surface area (Å²) in [6, 6.07) is 12.1. The molecule has 0 fully saturated rings. The molecule has 0 saturated heterocycles. The first-order chi connectivity index (χ1) is 8.08. The van der Waals surface area contributed by atoms with Crippen LogP contribution >= 0.6 is 15.9 Å². The number of nitrogen functional groups attached to an aromatic ring is 1. The topological polar surface area (TPSA) is 38.0 Å². The van der Waals surface area contributed by atoms with Crippen LogP contribution in [-0.4, -0.2) is 0 Å². The Hall–Kier alpha value is -1.48. The maximum absolute atomic E-state index is 6.01. The molecule has 0 bridgehead atoms. The van der Waals surface area contributed by atoms with Gasteiger partial charge in [0, 0.05) is 4.47 Å². The van der Waals surface area contributed by atoms with Crippen LogP contribution in [0.2, 0.25) is 0 Å². The Kier molecular flexibility index (Phi) is 3.38. The quantitative estimate of drug-likeness (QED) is 0.805. The van der Waals surface area contributed by atoms with Crippen molar-refractivity contribution in [2.24, 2.45) is 0 Å². The van der Waals surface area contributed by atoms with Crippen molar-refractivity contribution >= 4 is 33.0 Å². The van der Waals surface area contributed by atoms with Gasteiger partial charge in [0.2, 0.25) is 0 Å². The number of hydrogen-bond donors (Lipinski definition) is 2. The van der Waals surface area contributed by atoms with E-state index in [1.54, 1.807) is 0 Å². The number of halogens is 1. The van der Waals surface area contributed by atoms with Crippen molar-refractivity contribution in [1.29, 1.82) is 0 Å². The molecule has 2 aromatic rings. The fraction of sp³-hybridized carbons (Fsp3) is 0.143. The van der Waals surface area contributed by atoms with Crippen molar-refractivity contribution in [3.63, 3.8) is 0 Å². The van der Waals surface area contributed by atoms with E-state index in [9.17, 15) is 0 Å². The summed E-state index contributed by atoms with van der Waals surface area (Å²) >= 11 is 3.51. The monoisotopic (exact) mass is 290 g/mol. The molecule has 0 atom stereocenters. The van der Waals surface area contributed by atoms with Crippen LogP contribution in [0.1, 0.15) is 11.1 Å². The Morgan fingerprint density at radius 3 is 2.35 bits per heavy atom. The first-order valence-corrected chi connectivity index (χ1v) is 6.25. The van der Waals surface area contributed by atoms with Gasteiger partial charge in [-0.15, -0.1) is 0 Å². The highest BCUT2D eigenvalue weighted by molar-refractivity contribution is 9.10. The van der Waals surface area contributed by atoms with E-state index in [2.05, 4.69) is 41.2 Å². The lowest BCUT2D eigenvalue weighted by molar-refractivity contribution is 1.34. The number of rotatable bonds is 2. The molecule has 2 aromatic carbocycles. The van der Waals surface area contributed by atoms with Crippen molar-refractivity contribution in [1.82, 2.24) is 0 Å². The summed E-state index contributed by atoms with van der Waals surface area (Å²) in [7, 11) is 0. The zero-order chi connectivity index (χ0) is 12.4. The SMILES string of the molecule is Cc1cc(N)c(Nc2ccccc2Br)cc1C. The summed E-state index contributed by atoms with van der Waals surface area (Å²) in [5.41, 5.74) is 11.2. The molecule has 0 aliphatic carbocycles. The van der Waals surface area contributed by atoms with Crippen LogP contribution < -0.4 is 11.1 Å². The molecular formula is C14H15BrN2. The second-order valence-corrected chi connectivity index (χ2v) is 4.98. The van der Waals surface area contributed by atoms with Crippen molar-refractivity contribution in [3.8, 4) is 0 Å². The Morgan fingerprint density at radius 2 is 1.65 bits per heavy atom. The molecule has 0 amide bonds. The lowest BCUT2D eigenvalue weighted by Gasteiger charge is -2.13. The first-order valence-electron chi connectivity index (χ1n) is 5.46. The van der Waals surface area contributed by atoms with Crippen LogP contribution in [-0.2, 0) is 0 Å². The number of aryl methyl sites for hydroxylation is 2. The third-order valence-electron chi connectivity index (χ3n) is 2.81. The smallest absolute Gasteiger partial charge is 0.0621 e. The summed E-state index contributed by atoms with van der Waals surface area (Å²) in [6.07, 6.45) is 0. The Morgan fingerprint density at radius 1 is 1.00 bits per heavy atom. The van der Waals surface area contributed by atoms with Crippen LogP contribution in [0.25, 0.3) is 0 Å². The van der Waals surface area contributed by atoms with E-state index < -0.39 is 0 Å². The predicted molar refractivity (Wildman–Crippen MR) is 77.8 cm³/mol. The Balaban J connectivity index is 2.37. The van der Waals surface area contributed by atoms with Gasteiger partial charge in [-0.1, -0.05) is 12.1 Å². The highest BCUT2D eigenvalue weighted by atomic mass is 79.9. The van der Waals surface area contributed by atoms with Crippen molar-refractivity contribution in [2.45, 2.75) is 13.8 Å². The number of benzene rings is 2. The van der Waals surface area contributed by atoms with E-state index in [1.807, 2.05) is 30.3 Å².